The summed E-state index contributed by atoms with van der Waals surface area (Å²) in [6.07, 6.45) is 1.71. The van der Waals surface area contributed by atoms with Crippen LogP contribution in [0.4, 0.5) is 8.78 Å². The summed E-state index contributed by atoms with van der Waals surface area (Å²) in [6.45, 7) is 7.40. The lowest BCUT2D eigenvalue weighted by molar-refractivity contribution is -0.0332. The molecule has 1 saturated heterocycles. The summed E-state index contributed by atoms with van der Waals surface area (Å²) in [7, 11) is 0. The average molecular weight is 267 g/mol. The average Bonchev–Trinajstić information content (AvgIpc) is 2.34. The standard InChI is InChI=1S/C16H23F2N/c1-11-8-13(3)15(9-12(11)2)16(17,18)10-14-4-6-19-7-5-14/h8-9,14,19H,4-7,10H2,1-3H3. The van der Waals surface area contributed by atoms with E-state index in [4.69, 9.17) is 0 Å². The lowest BCUT2D eigenvalue weighted by Gasteiger charge is -2.28. The van der Waals surface area contributed by atoms with Gasteiger partial charge < -0.3 is 5.32 Å². The molecule has 0 atom stereocenters. The van der Waals surface area contributed by atoms with Gasteiger partial charge in [0.2, 0.25) is 0 Å². The molecule has 1 N–H and O–H groups in total. The van der Waals surface area contributed by atoms with Crippen molar-refractivity contribution in [2.45, 2.75) is 46.0 Å². The Morgan fingerprint density at radius 3 is 2.26 bits per heavy atom. The fraction of sp³-hybridized carbons (Fsp3) is 0.625. The van der Waals surface area contributed by atoms with Crippen LogP contribution in [0.3, 0.4) is 0 Å². The second kappa shape index (κ2) is 5.58. The third-order valence-electron chi connectivity index (χ3n) is 4.24. The molecule has 0 aliphatic carbocycles. The molecule has 1 nitrogen and oxygen atoms in total. The van der Waals surface area contributed by atoms with Gasteiger partial charge in [0.05, 0.1) is 0 Å². The summed E-state index contributed by atoms with van der Waals surface area (Å²) in [6, 6.07) is 3.55. The van der Waals surface area contributed by atoms with Gasteiger partial charge in [-0.1, -0.05) is 6.07 Å². The van der Waals surface area contributed by atoms with E-state index in [2.05, 4.69) is 5.32 Å². The van der Waals surface area contributed by atoms with Gasteiger partial charge in [-0.25, -0.2) is 8.78 Å². The van der Waals surface area contributed by atoms with E-state index in [-0.39, 0.29) is 17.9 Å². The molecular formula is C16H23F2N. The van der Waals surface area contributed by atoms with Crippen LogP contribution in [0, 0.1) is 26.7 Å². The van der Waals surface area contributed by atoms with Crippen molar-refractivity contribution in [2.75, 3.05) is 13.1 Å². The molecule has 19 heavy (non-hydrogen) atoms. The van der Waals surface area contributed by atoms with Crippen molar-refractivity contribution < 1.29 is 8.78 Å². The van der Waals surface area contributed by atoms with Gasteiger partial charge in [0.15, 0.2) is 0 Å². The normalized spacial score (nSPS) is 17.7. The highest BCUT2D eigenvalue weighted by Gasteiger charge is 2.36. The zero-order chi connectivity index (χ0) is 14.0. The van der Waals surface area contributed by atoms with Gasteiger partial charge in [-0.2, -0.15) is 0 Å². The fourth-order valence-electron chi connectivity index (χ4n) is 2.91. The van der Waals surface area contributed by atoms with Gasteiger partial charge in [0.1, 0.15) is 0 Å². The maximum atomic E-state index is 14.5. The highest BCUT2D eigenvalue weighted by Crippen LogP contribution is 2.39. The second-order valence-electron chi connectivity index (χ2n) is 5.85. The van der Waals surface area contributed by atoms with E-state index >= 15 is 0 Å². The molecule has 1 aliphatic rings. The highest BCUT2D eigenvalue weighted by molar-refractivity contribution is 5.38. The molecule has 0 radical (unpaired) electrons. The molecule has 1 aliphatic heterocycles. The topological polar surface area (TPSA) is 12.0 Å². The minimum absolute atomic E-state index is 0.0159. The molecule has 2 rings (SSSR count). The minimum atomic E-state index is -2.70. The van der Waals surface area contributed by atoms with Crippen molar-refractivity contribution in [3.05, 3.63) is 34.4 Å². The first-order valence-electron chi connectivity index (χ1n) is 7.07. The lowest BCUT2D eigenvalue weighted by atomic mass is 9.87. The van der Waals surface area contributed by atoms with E-state index < -0.39 is 5.92 Å². The number of rotatable bonds is 3. The van der Waals surface area contributed by atoms with Gasteiger partial charge in [0.25, 0.3) is 5.92 Å². The quantitative estimate of drug-likeness (QED) is 0.869. The van der Waals surface area contributed by atoms with Gasteiger partial charge >= 0.3 is 0 Å². The van der Waals surface area contributed by atoms with Crippen LogP contribution in [0.25, 0.3) is 0 Å². The van der Waals surface area contributed by atoms with Crippen LogP contribution in [0.2, 0.25) is 0 Å². The maximum Gasteiger partial charge on any atom is 0.273 e. The molecule has 1 fully saturated rings. The first kappa shape index (κ1) is 14.4. The monoisotopic (exact) mass is 267 g/mol. The summed E-state index contributed by atoms with van der Waals surface area (Å²) < 4.78 is 29.0. The molecule has 1 aromatic carbocycles. The van der Waals surface area contributed by atoms with Crippen molar-refractivity contribution in [3.8, 4) is 0 Å². The number of benzene rings is 1. The summed E-state index contributed by atoms with van der Waals surface area (Å²) in [5.74, 6) is -2.57. The second-order valence-corrected chi connectivity index (χ2v) is 5.85. The molecule has 0 saturated carbocycles. The summed E-state index contributed by atoms with van der Waals surface area (Å²) in [4.78, 5) is 0. The van der Waals surface area contributed by atoms with Crippen LogP contribution in [0.1, 0.15) is 41.5 Å². The van der Waals surface area contributed by atoms with Crippen LogP contribution in [-0.2, 0) is 5.92 Å². The zero-order valence-electron chi connectivity index (χ0n) is 12.0. The summed E-state index contributed by atoms with van der Waals surface area (Å²) in [5.41, 5.74) is 2.96. The lowest BCUT2D eigenvalue weighted by Crippen LogP contribution is -2.31. The number of hydrogen-bond donors (Lipinski definition) is 1. The molecule has 3 heteroatoms. The zero-order valence-corrected chi connectivity index (χ0v) is 12.0. The van der Waals surface area contributed by atoms with E-state index in [1.165, 1.54) is 0 Å². The number of nitrogens with one attached hydrogen (secondary N) is 1. The Labute approximate surface area is 114 Å². The van der Waals surface area contributed by atoms with Crippen molar-refractivity contribution in [3.63, 3.8) is 0 Å². The van der Waals surface area contributed by atoms with Crippen LogP contribution >= 0.6 is 0 Å². The van der Waals surface area contributed by atoms with Crippen molar-refractivity contribution in [1.29, 1.82) is 0 Å². The van der Waals surface area contributed by atoms with Gasteiger partial charge in [-0.05, 0) is 75.4 Å². The van der Waals surface area contributed by atoms with Crippen LogP contribution in [0.5, 0.6) is 0 Å². The van der Waals surface area contributed by atoms with Crippen LogP contribution < -0.4 is 5.32 Å². The highest BCUT2D eigenvalue weighted by atomic mass is 19.3. The molecule has 0 bridgehead atoms. The summed E-state index contributed by atoms with van der Waals surface area (Å²) >= 11 is 0. The van der Waals surface area contributed by atoms with E-state index in [9.17, 15) is 8.78 Å². The fourth-order valence-corrected chi connectivity index (χ4v) is 2.91. The number of halogens is 2. The third-order valence-corrected chi connectivity index (χ3v) is 4.24. The molecule has 1 aromatic rings. The number of alkyl halides is 2. The molecule has 0 spiro atoms. The van der Waals surface area contributed by atoms with Gasteiger partial charge in [0, 0.05) is 12.0 Å². The SMILES string of the molecule is Cc1cc(C)c(C(F)(F)CC2CCNCC2)cc1C. The Bertz CT molecular complexity index is 448. The van der Waals surface area contributed by atoms with Crippen molar-refractivity contribution in [2.24, 2.45) is 5.92 Å². The Balaban J connectivity index is 2.20. The van der Waals surface area contributed by atoms with E-state index in [1.807, 2.05) is 19.9 Å². The molecular weight excluding hydrogens is 244 g/mol. The third kappa shape index (κ3) is 3.33. The number of piperidine rings is 1. The van der Waals surface area contributed by atoms with Crippen LogP contribution in [-0.4, -0.2) is 13.1 Å². The van der Waals surface area contributed by atoms with E-state index in [0.29, 0.717) is 5.56 Å². The largest absolute Gasteiger partial charge is 0.317 e. The Morgan fingerprint density at radius 2 is 1.63 bits per heavy atom. The number of aryl methyl sites for hydroxylation is 3. The molecule has 0 amide bonds. The van der Waals surface area contributed by atoms with E-state index in [0.717, 1.165) is 37.1 Å². The molecule has 0 unspecified atom stereocenters. The summed E-state index contributed by atoms with van der Waals surface area (Å²) in [5, 5.41) is 3.22. The smallest absolute Gasteiger partial charge is 0.273 e. The van der Waals surface area contributed by atoms with Gasteiger partial charge in [-0.15, -0.1) is 0 Å². The van der Waals surface area contributed by atoms with Gasteiger partial charge in [-0.3, -0.25) is 0 Å². The number of hydrogen-bond acceptors (Lipinski definition) is 1. The Morgan fingerprint density at radius 1 is 1.05 bits per heavy atom. The molecule has 106 valence electrons. The predicted octanol–water partition coefficient (Wildman–Crippen LogP) is 4.09. The predicted molar refractivity (Wildman–Crippen MR) is 74.8 cm³/mol. The Hall–Kier alpha value is -0.960. The maximum absolute atomic E-state index is 14.5. The minimum Gasteiger partial charge on any atom is -0.317 e. The van der Waals surface area contributed by atoms with Crippen molar-refractivity contribution in [1.82, 2.24) is 5.32 Å². The first-order chi connectivity index (χ1) is 8.90. The van der Waals surface area contributed by atoms with Crippen LogP contribution in [0.15, 0.2) is 12.1 Å². The molecule has 0 aromatic heterocycles. The first-order valence-corrected chi connectivity index (χ1v) is 7.07. The van der Waals surface area contributed by atoms with Crippen molar-refractivity contribution >= 4 is 0 Å². The van der Waals surface area contributed by atoms with E-state index in [1.54, 1.807) is 13.0 Å². The Kier molecular flexibility index (Phi) is 4.24. The molecule has 1 heterocycles.